The largest absolute Gasteiger partial charge is 0.467 e. The molecule has 2 heterocycles. The lowest BCUT2D eigenvalue weighted by Crippen LogP contribution is -2.69. The van der Waals surface area contributed by atoms with E-state index in [4.69, 9.17) is 17.0 Å². The maximum atomic E-state index is 11.2. The second-order valence-corrected chi connectivity index (χ2v) is 7.56. The molecule has 7 heteroatoms. The van der Waals surface area contributed by atoms with E-state index in [0.29, 0.717) is 10.9 Å². The Morgan fingerprint density at radius 2 is 2.07 bits per heavy atom. The number of thiocarbonyl (C=S) groups is 1. The third kappa shape index (κ3) is 2.56. The fraction of sp³-hybridized carbons (Fsp3) is 0.350. The minimum atomic E-state index is -0.693. The third-order valence-electron chi connectivity index (χ3n) is 5.74. The number of non-ortho nitro benzene ring substituents is 1. The quantitative estimate of drug-likeness (QED) is 0.483. The van der Waals surface area contributed by atoms with Crippen LogP contribution in [0.1, 0.15) is 37.9 Å². The minimum Gasteiger partial charge on any atom is -0.467 e. The second kappa shape index (κ2) is 6.20. The molecule has 3 atom stereocenters. The van der Waals surface area contributed by atoms with Crippen molar-refractivity contribution < 1.29 is 9.66 Å². The molecule has 0 radical (unpaired) electrons. The molecule has 2 aliphatic heterocycles. The summed E-state index contributed by atoms with van der Waals surface area (Å²) < 4.78 is 6.45. The van der Waals surface area contributed by atoms with E-state index in [9.17, 15) is 10.1 Å². The number of ether oxygens (including phenoxy) is 1. The molecule has 0 aromatic heterocycles. The summed E-state index contributed by atoms with van der Waals surface area (Å²) in [6.07, 6.45) is 0.881. The molecule has 140 valence electrons. The summed E-state index contributed by atoms with van der Waals surface area (Å²) in [7, 11) is 0. The molecule has 2 aromatic carbocycles. The van der Waals surface area contributed by atoms with Crippen molar-refractivity contribution in [1.29, 1.82) is 0 Å². The highest BCUT2D eigenvalue weighted by Gasteiger charge is 2.54. The van der Waals surface area contributed by atoms with Crippen LogP contribution in [0.25, 0.3) is 0 Å². The lowest BCUT2D eigenvalue weighted by atomic mass is 9.80. The Morgan fingerprint density at radius 1 is 1.33 bits per heavy atom. The van der Waals surface area contributed by atoms with E-state index in [0.717, 1.165) is 17.7 Å². The molecule has 0 unspecified atom stereocenters. The summed E-state index contributed by atoms with van der Waals surface area (Å²) in [6.45, 7) is 6.24. The second-order valence-electron chi connectivity index (χ2n) is 7.17. The molecule has 2 aromatic rings. The molecule has 0 aliphatic carbocycles. The number of aryl methyl sites for hydroxylation is 1. The number of anilines is 1. The van der Waals surface area contributed by atoms with Gasteiger partial charge in [0.1, 0.15) is 5.75 Å². The van der Waals surface area contributed by atoms with Crippen LogP contribution in [-0.2, 0) is 6.42 Å². The average Bonchev–Trinajstić information content (AvgIpc) is 2.64. The summed E-state index contributed by atoms with van der Waals surface area (Å²) in [5.74, 6) is 0.670. The van der Waals surface area contributed by atoms with Gasteiger partial charge in [0.05, 0.1) is 16.7 Å². The molecular formula is C20H21N3O3S. The van der Waals surface area contributed by atoms with Gasteiger partial charge >= 0.3 is 0 Å². The van der Waals surface area contributed by atoms with Crippen molar-refractivity contribution in [2.24, 2.45) is 5.92 Å². The molecule has 6 nitrogen and oxygen atoms in total. The highest BCUT2D eigenvalue weighted by Crippen LogP contribution is 2.50. The molecule has 4 rings (SSSR count). The first-order valence-corrected chi connectivity index (χ1v) is 9.43. The van der Waals surface area contributed by atoms with Gasteiger partial charge in [0, 0.05) is 23.6 Å². The highest BCUT2D eigenvalue weighted by atomic mass is 32.1. The lowest BCUT2D eigenvalue weighted by molar-refractivity contribution is -0.385. The number of para-hydroxylation sites is 1. The van der Waals surface area contributed by atoms with Crippen LogP contribution >= 0.6 is 12.2 Å². The van der Waals surface area contributed by atoms with Gasteiger partial charge in [0.15, 0.2) is 10.8 Å². The third-order valence-corrected chi connectivity index (χ3v) is 6.04. The summed E-state index contributed by atoms with van der Waals surface area (Å²) in [5, 5.41) is 15.2. The number of rotatable bonds is 3. The summed E-state index contributed by atoms with van der Waals surface area (Å²) in [6, 6.07) is 12.8. The van der Waals surface area contributed by atoms with Gasteiger partial charge in [-0.3, -0.25) is 15.0 Å². The van der Waals surface area contributed by atoms with E-state index < -0.39 is 5.72 Å². The van der Waals surface area contributed by atoms with Crippen molar-refractivity contribution in [3.05, 3.63) is 63.7 Å². The van der Waals surface area contributed by atoms with Crippen LogP contribution in [0.3, 0.4) is 0 Å². The lowest BCUT2D eigenvalue weighted by Gasteiger charge is -2.56. The van der Waals surface area contributed by atoms with Crippen LogP contribution in [-0.4, -0.2) is 15.8 Å². The van der Waals surface area contributed by atoms with Gasteiger partial charge < -0.3 is 10.1 Å². The summed E-state index contributed by atoms with van der Waals surface area (Å²) >= 11 is 5.71. The van der Waals surface area contributed by atoms with Gasteiger partial charge in [-0.15, -0.1) is 0 Å². The SMILES string of the molecule is CCc1ccccc1N1C(=S)N[C@@H]2c3cc([N+](=O)[O-])ccc3O[C@@]1(C)[C@@H]2C. The predicted molar refractivity (Wildman–Crippen MR) is 108 cm³/mol. The average molecular weight is 383 g/mol. The molecule has 27 heavy (non-hydrogen) atoms. The summed E-state index contributed by atoms with van der Waals surface area (Å²) in [5.41, 5.74) is 2.35. The standard InChI is InChI=1S/C20H21N3O3S/c1-4-13-7-5-6-8-16(13)22-19(27)21-18-12(2)20(22,3)26-17-10-9-14(23(24)25)11-15(17)18/h5-12,18H,4H2,1-3H3,(H,21,27)/t12-,18+,20+/m1/s1. The smallest absolute Gasteiger partial charge is 0.270 e. The van der Waals surface area contributed by atoms with Crippen molar-refractivity contribution in [2.45, 2.75) is 39.0 Å². The number of benzene rings is 2. The molecule has 1 N–H and O–H groups in total. The zero-order valence-electron chi connectivity index (χ0n) is 15.4. The Morgan fingerprint density at radius 3 is 2.78 bits per heavy atom. The van der Waals surface area contributed by atoms with E-state index >= 15 is 0 Å². The summed E-state index contributed by atoms with van der Waals surface area (Å²) in [4.78, 5) is 12.8. The van der Waals surface area contributed by atoms with Crippen molar-refractivity contribution >= 4 is 28.7 Å². The Kier molecular flexibility index (Phi) is 4.07. The van der Waals surface area contributed by atoms with Crippen molar-refractivity contribution in [3.63, 3.8) is 0 Å². The fourth-order valence-corrected chi connectivity index (χ4v) is 4.51. The fourth-order valence-electron chi connectivity index (χ4n) is 4.11. The maximum Gasteiger partial charge on any atom is 0.270 e. The van der Waals surface area contributed by atoms with E-state index in [1.165, 1.54) is 11.6 Å². The normalized spacial score (nSPS) is 26.0. The Hall–Kier alpha value is -2.67. The van der Waals surface area contributed by atoms with E-state index in [1.54, 1.807) is 12.1 Å². The first-order chi connectivity index (χ1) is 12.9. The molecule has 0 amide bonds. The van der Waals surface area contributed by atoms with Crippen LogP contribution in [0, 0.1) is 16.0 Å². The van der Waals surface area contributed by atoms with E-state index in [1.807, 2.05) is 24.0 Å². The van der Waals surface area contributed by atoms with Gasteiger partial charge in [-0.1, -0.05) is 32.0 Å². The van der Waals surface area contributed by atoms with Gasteiger partial charge in [-0.2, -0.15) is 0 Å². The zero-order chi connectivity index (χ0) is 19.3. The number of nitro benzene ring substituents is 1. The van der Waals surface area contributed by atoms with Crippen LogP contribution in [0.5, 0.6) is 5.75 Å². The van der Waals surface area contributed by atoms with E-state index in [-0.39, 0.29) is 22.6 Å². The molecule has 1 fully saturated rings. The first kappa shape index (κ1) is 17.7. The van der Waals surface area contributed by atoms with E-state index in [2.05, 4.69) is 31.3 Å². The number of hydrogen-bond donors (Lipinski definition) is 1. The highest BCUT2D eigenvalue weighted by molar-refractivity contribution is 7.80. The Balaban J connectivity index is 1.85. The predicted octanol–water partition coefficient (Wildman–Crippen LogP) is 4.34. The molecule has 2 aliphatic rings. The van der Waals surface area contributed by atoms with Gasteiger partial charge in [-0.25, -0.2) is 0 Å². The van der Waals surface area contributed by atoms with Crippen molar-refractivity contribution in [1.82, 2.24) is 5.32 Å². The minimum absolute atomic E-state index is 0.0172. The van der Waals surface area contributed by atoms with Crippen molar-refractivity contribution in [2.75, 3.05) is 4.90 Å². The van der Waals surface area contributed by atoms with Gasteiger partial charge in [0.2, 0.25) is 0 Å². The number of nitrogens with zero attached hydrogens (tertiary/aromatic N) is 2. The molecular weight excluding hydrogens is 362 g/mol. The number of nitro groups is 1. The Labute approximate surface area is 163 Å². The zero-order valence-corrected chi connectivity index (χ0v) is 16.2. The van der Waals surface area contributed by atoms with Crippen molar-refractivity contribution in [3.8, 4) is 5.75 Å². The number of nitrogens with one attached hydrogen (secondary N) is 1. The molecule has 1 saturated heterocycles. The molecule has 2 bridgehead atoms. The van der Waals surface area contributed by atoms with Gasteiger partial charge in [-0.05, 0) is 43.3 Å². The van der Waals surface area contributed by atoms with Crippen LogP contribution in [0.15, 0.2) is 42.5 Å². The Bertz CT molecular complexity index is 948. The van der Waals surface area contributed by atoms with Crippen LogP contribution < -0.4 is 15.0 Å². The maximum absolute atomic E-state index is 11.2. The topological polar surface area (TPSA) is 67.6 Å². The molecule has 0 spiro atoms. The van der Waals surface area contributed by atoms with Crippen LogP contribution in [0.4, 0.5) is 11.4 Å². The number of hydrogen-bond acceptors (Lipinski definition) is 4. The monoisotopic (exact) mass is 383 g/mol. The van der Waals surface area contributed by atoms with Gasteiger partial charge in [0.25, 0.3) is 5.69 Å². The van der Waals surface area contributed by atoms with Crippen LogP contribution in [0.2, 0.25) is 0 Å². The first-order valence-electron chi connectivity index (χ1n) is 9.02. The molecule has 0 saturated carbocycles. The number of fused-ring (bicyclic) bond motifs is 4.